The number of unbranched alkanes of at least 4 members (excludes halogenated alkanes) is 2. The minimum Gasteiger partial charge on any atom is -0.480 e. The van der Waals surface area contributed by atoms with Crippen LogP contribution < -0.4 is 32.7 Å². The molecule has 0 saturated carbocycles. The fourth-order valence-electron chi connectivity index (χ4n) is 8.52. The van der Waals surface area contributed by atoms with Crippen LogP contribution in [-0.2, 0) is 28.8 Å². The number of likely N-dealkylation sites (tertiary alicyclic amines) is 1. The summed E-state index contributed by atoms with van der Waals surface area (Å²) in [6.07, 6.45) is 1.31. The third-order valence-electron chi connectivity index (χ3n) is 12.2. The van der Waals surface area contributed by atoms with E-state index in [1.54, 1.807) is 43.9 Å². The fraction of sp³-hybridized carbons (Fsp3) is 0.578. The summed E-state index contributed by atoms with van der Waals surface area (Å²) in [5, 5.41) is 69.8. The summed E-state index contributed by atoms with van der Waals surface area (Å²) in [7, 11) is -1.85. The molecule has 0 aromatic heterocycles. The molecule has 5 amide bonds. The molecule has 0 aliphatic carbocycles. The number of carboxylic acids is 3. The maximum Gasteiger partial charge on any atom is 0.475 e. The van der Waals surface area contributed by atoms with Gasteiger partial charge in [-0.2, -0.15) is 0 Å². The summed E-state index contributed by atoms with van der Waals surface area (Å²) in [5.74, 6) is -6.88. The molecular formula is C45H69BN12O14. The first-order valence-corrected chi connectivity index (χ1v) is 23.9. The average molecular weight is 1010 g/mol. The number of hydrogen-bond donors (Lipinski definition) is 12. The predicted molar refractivity (Wildman–Crippen MR) is 262 cm³/mol. The number of guanidine groups is 1. The zero-order valence-electron chi connectivity index (χ0n) is 40.3. The van der Waals surface area contributed by atoms with Crippen molar-refractivity contribution in [3.63, 3.8) is 0 Å². The summed E-state index contributed by atoms with van der Waals surface area (Å²) >= 11 is 0. The lowest BCUT2D eigenvalue weighted by molar-refractivity contribution is -0.140. The second-order valence-electron chi connectivity index (χ2n) is 17.8. The third kappa shape index (κ3) is 20.0. The normalized spacial score (nSPS) is 18.0. The van der Waals surface area contributed by atoms with Crippen LogP contribution in [0.3, 0.4) is 0 Å². The maximum absolute atomic E-state index is 13.6. The molecule has 27 heteroatoms. The van der Waals surface area contributed by atoms with Gasteiger partial charge in [-0.3, -0.25) is 62.9 Å². The van der Waals surface area contributed by atoms with E-state index in [4.69, 9.17) is 11.5 Å². The SMILES string of the molecule is NC(N)=NCCC[C@H](NC(=O)CN1CCN(CC(=O)O)CCN(CC(=O)O)CCN(CC(=O)O)CC1)C(=O)NCCCCCNC(=O)c1ccc(C(=O)NCC(=O)N2CC(O)CC2B(O)O)c2ccccc12. The van der Waals surface area contributed by atoms with Crippen molar-refractivity contribution in [3.8, 4) is 0 Å². The number of carbonyl (C=O) groups excluding carboxylic acids is 5. The zero-order valence-corrected chi connectivity index (χ0v) is 40.3. The number of hydrogen-bond acceptors (Lipinski definition) is 16. The van der Waals surface area contributed by atoms with Crippen LogP contribution in [0.1, 0.15) is 59.2 Å². The van der Waals surface area contributed by atoms with Crippen molar-refractivity contribution in [1.29, 1.82) is 0 Å². The van der Waals surface area contributed by atoms with Gasteiger partial charge in [-0.25, -0.2) is 0 Å². The van der Waals surface area contributed by atoms with Crippen molar-refractivity contribution in [2.24, 2.45) is 16.5 Å². The van der Waals surface area contributed by atoms with Gasteiger partial charge in [-0.05, 0) is 61.4 Å². The quantitative estimate of drug-likeness (QED) is 0.0193. The molecule has 72 heavy (non-hydrogen) atoms. The lowest BCUT2D eigenvalue weighted by Crippen LogP contribution is -2.52. The molecular weight excluding hydrogens is 943 g/mol. The monoisotopic (exact) mass is 1010 g/mol. The number of aliphatic carboxylic acids is 3. The lowest BCUT2D eigenvalue weighted by Gasteiger charge is -2.33. The number of benzene rings is 2. The minimum absolute atomic E-state index is 0.00827. The van der Waals surface area contributed by atoms with Gasteiger partial charge in [0, 0.05) is 89.7 Å². The van der Waals surface area contributed by atoms with Crippen molar-refractivity contribution in [2.45, 2.75) is 56.6 Å². The highest BCUT2D eigenvalue weighted by Crippen LogP contribution is 2.24. The van der Waals surface area contributed by atoms with E-state index in [-0.39, 0.29) is 128 Å². The number of carbonyl (C=O) groups is 8. The Morgan fingerprint density at radius 1 is 0.653 bits per heavy atom. The summed E-state index contributed by atoms with van der Waals surface area (Å²) in [5.41, 5.74) is 11.5. The van der Waals surface area contributed by atoms with Crippen LogP contribution in [-0.4, -0.2) is 245 Å². The summed E-state index contributed by atoms with van der Waals surface area (Å²) in [4.78, 5) is 113. The number of amides is 5. The minimum atomic E-state index is -1.85. The Kier molecular flexibility index (Phi) is 24.0. The van der Waals surface area contributed by atoms with Gasteiger partial charge in [0.1, 0.15) is 6.04 Å². The number of nitrogens with zero attached hydrogens (tertiary/aromatic N) is 6. The molecule has 0 radical (unpaired) electrons. The fourth-order valence-corrected chi connectivity index (χ4v) is 8.52. The number of nitrogens with two attached hydrogens (primary N) is 2. The van der Waals surface area contributed by atoms with Crippen LogP contribution in [0.25, 0.3) is 10.8 Å². The van der Waals surface area contributed by atoms with Gasteiger partial charge in [-0.15, -0.1) is 0 Å². The van der Waals surface area contributed by atoms with Gasteiger partial charge in [-0.1, -0.05) is 24.3 Å². The van der Waals surface area contributed by atoms with Crippen LogP contribution >= 0.6 is 0 Å². The van der Waals surface area contributed by atoms with Gasteiger partial charge in [0.25, 0.3) is 11.8 Å². The zero-order chi connectivity index (χ0) is 52.7. The van der Waals surface area contributed by atoms with E-state index >= 15 is 0 Å². The van der Waals surface area contributed by atoms with Gasteiger partial charge in [0.15, 0.2) is 5.96 Å². The van der Waals surface area contributed by atoms with Crippen molar-refractivity contribution >= 4 is 71.3 Å². The van der Waals surface area contributed by atoms with Crippen molar-refractivity contribution in [3.05, 3.63) is 47.5 Å². The molecule has 3 atom stereocenters. The molecule has 14 N–H and O–H groups in total. The molecule has 2 fully saturated rings. The number of carboxylic acid groups (broad SMARTS) is 3. The number of aliphatic imine (C=N–C) groups is 1. The van der Waals surface area contributed by atoms with Gasteiger partial charge in [0.2, 0.25) is 17.7 Å². The molecule has 2 heterocycles. The third-order valence-corrected chi connectivity index (χ3v) is 12.2. The highest BCUT2D eigenvalue weighted by atomic mass is 16.4. The van der Waals surface area contributed by atoms with Crippen LogP contribution in [0.15, 0.2) is 41.4 Å². The molecule has 0 bridgehead atoms. The smallest absolute Gasteiger partial charge is 0.475 e. The molecule has 2 aliphatic rings. The Hall–Kier alpha value is -6.49. The first-order chi connectivity index (χ1) is 34.3. The van der Waals surface area contributed by atoms with Crippen LogP contribution in [0.4, 0.5) is 0 Å². The second-order valence-corrected chi connectivity index (χ2v) is 17.8. The predicted octanol–water partition coefficient (Wildman–Crippen LogP) is -4.43. The summed E-state index contributed by atoms with van der Waals surface area (Å²) < 4.78 is 0. The Morgan fingerprint density at radius 3 is 1.60 bits per heavy atom. The van der Waals surface area contributed by atoms with Crippen LogP contribution in [0.5, 0.6) is 0 Å². The van der Waals surface area contributed by atoms with Crippen molar-refractivity contribution < 1.29 is 68.8 Å². The van der Waals surface area contributed by atoms with E-state index < -0.39 is 73.3 Å². The van der Waals surface area contributed by atoms with Crippen LogP contribution in [0.2, 0.25) is 0 Å². The number of fused-ring (bicyclic) bond motifs is 1. The second kappa shape index (κ2) is 29.8. The van der Waals surface area contributed by atoms with Crippen molar-refractivity contribution in [1.82, 2.24) is 45.8 Å². The molecule has 2 aromatic rings. The molecule has 396 valence electrons. The molecule has 2 saturated heterocycles. The molecule has 4 rings (SSSR count). The van der Waals surface area contributed by atoms with Crippen molar-refractivity contribution in [2.75, 3.05) is 111 Å². The molecule has 2 unspecified atom stereocenters. The first kappa shape index (κ1) is 58.1. The standard InChI is InChI=1S/C45H69BN12O14/c47-45(48)51-14-6-9-35(53-37(60)26-54-15-17-55(27-39(62)63)19-21-57(29-41(66)67)22-20-56(18-16-54)28-40(64)65)44(70)50-13-5-1-4-12-49-42(68)33-10-11-34(32-8-3-2-7-31(32)33)43(69)52-24-38(61)58-25-30(59)23-36(58)46(71)72/h2-3,7-8,10-11,30,35-36,59,71-72H,1,4-6,9,12-29H2,(H,49,68)(H,50,70)(H,52,69)(H,53,60)(H,62,63)(H,64,65)(H,66,67)(H4,47,48,51)/t30?,35-,36?/m0/s1. The Bertz CT molecular complexity index is 2190. The molecule has 2 aliphatic heterocycles. The Balaban J connectivity index is 1.29. The van der Waals surface area contributed by atoms with E-state index in [0.717, 1.165) is 4.90 Å². The Labute approximate surface area is 416 Å². The largest absolute Gasteiger partial charge is 0.480 e. The van der Waals surface area contributed by atoms with E-state index in [1.165, 1.54) is 12.1 Å². The van der Waals surface area contributed by atoms with E-state index in [2.05, 4.69) is 26.3 Å². The summed E-state index contributed by atoms with van der Waals surface area (Å²) in [6, 6.07) is 8.81. The number of nitrogens with one attached hydrogen (secondary N) is 4. The highest BCUT2D eigenvalue weighted by molar-refractivity contribution is 6.43. The average Bonchev–Trinajstić information content (AvgIpc) is 3.73. The topological polar surface area (TPSA) is 387 Å². The highest BCUT2D eigenvalue weighted by Gasteiger charge is 2.41. The van der Waals surface area contributed by atoms with Crippen LogP contribution in [0, 0.1) is 0 Å². The van der Waals surface area contributed by atoms with E-state index in [0.29, 0.717) is 48.6 Å². The van der Waals surface area contributed by atoms with E-state index in [9.17, 15) is 68.8 Å². The van der Waals surface area contributed by atoms with Gasteiger partial charge >= 0.3 is 25.0 Å². The lowest BCUT2D eigenvalue weighted by atomic mass is 9.77. The number of aliphatic hydroxyl groups is 1. The molecule has 26 nitrogen and oxygen atoms in total. The van der Waals surface area contributed by atoms with Gasteiger partial charge in [0.05, 0.1) is 44.8 Å². The van der Waals surface area contributed by atoms with Gasteiger partial charge < -0.3 is 68.1 Å². The first-order valence-electron chi connectivity index (χ1n) is 23.9. The number of aliphatic hydroxyl groups excluding tert-OH is 1. The number of rotatable bonds is 25. The Morgan fingerprint density at radius 2 is 1.12 bits per heavy atom. The molecule has 2 aromatic carbocycles. The molecule has 0 spiro atoms. The number of β-amino-alcohol motifs (C(OH)–C–C–N with tert-alkyl or cyclic N) is 1. The maximum atomic E-state index is 13.6. The summed E-state index contributed by atoms with van der Waals surface area (Å²) in [6.45, 7) is 0.756. The van der Waals surface area contributed by atoms with E-state index in [1.807, 2.05) is 0 Å².